The number of aromatic nitrogens is 1. The van der Waals surface area contributed by atoms with Crippen molar-refractivity contribution in [1.29, 1.82) is 0 Å². The van der Waals surface area contributed by atoms with Crippen molar-refractivity contribution in [3.63, 3.8) is 0 Å². The lowest BCUT2D eigenvalue weighted by Crippen LogP contribution is -2.54. The fraction of sp³-hybridized carbons (Fsp3) is 0. The van der Waals surface area contributed by atoms with Crippen molar-refractivity contribution in [2.45, 2.75) is 9.79 Å². The van der Waals surface area contributed by atoms with Crippen LogP contribution in [0.25, 0.3) is 6.08 Å². The molecular weight excluding hydrogens is 422 g/mol. The number of urea groups is 1. The maximum Gasteiger partial charge on any atom is 0.335 e. The molecular formula is C22H14ClN3O3S. The molecule has 1 N–H and O–H groups in total. The van der Waals surface area contributed by atoms with E-state index in [4.69, 9.17) is 11.6 Å². The van der Waals surface area contributed by atoms with Gasteiger partial charge in [0.2, 0.25) is 0 Å². The van der Waals surface area contributed by atoms with Gasteiger partial charge in [-0.1, -0.05) is 41.6 Å². The van der Waals surface area contributed by atoms with Crippen LogP contribution in [-0.2, 0) is 9.59 Å². The normalized spacial score (nSPS) is 15.4. The van der Waals surface area contributed by atoms with Crippen molar-refractivity contribution < 1.29 is 14.4 Å². The summed E-state index contributed by atoms with van der Waals surface area (Å²) in [7, 11) is 0. The fourth-order valence-electron chi connectivity index (χ4n) is 2.86. The molecule has 1 aliphatic heterocycles. The van der Waals surface area contributed by atoms with Crippen LogP contribution in [0.4, 0.5) is 10.5 Å². The summed E-state index contributed by atoms with van der Waals surface area (Å²) in [6.45, 7) is 0. The molecule has 4 rings (SSSR count). The van der Waals surface area contributed by atoms with Gasteiger partial charge in [0, 0.05) is 27.2 Å². The second-order valence-electron chi connectivity index (χ2n) is 6.26. The zero-order valence-electron chi connectivity index (χ0n) is 15.4. The van der Waals surface area contributed by atoms with Gasteiger partial charge >= 0.3 is 6.03 Å². The summed E-state index contributed by atoms with van der Waals surface area (Å²) < 4.78 is 0. The number of nitrogens with one attached hydrogen (secondary N) is 1. The molecule has 2 heterocycles. The number of pyridine rings is 1. The Hall–Kier alpha value is -3.42. The fourth-order valence-corrected chi connectivity index (χ4v) is 3.91. The van der Waals surface area contributed by atoms with Gasteiger partial charge in [0.05, 0.1) is 5.69 Å². The van der Waals surface area contributed by atoms with Gasteiger partial charge in [-0.05, 0) is 54.1 Å². The highest BCUT2D eigenvalue weighted by Crippen LogP contribution is 2.33. The minimum absolute atomic E-state index is 0.129. The zero-order chi connectivity index (χ0) is 21.1. The van der Waals surface area contributed by atoms with Crippen molar-refractivity contribution in [3.8, 4) is 0 Å². The molecule has 1 aromatic heterocycles. The van der Waals surface area contributed by atoms with E-state index in [0.29, 0.717) is 16.3 Å². The van der Waals surface area contributed by atoms with Crippen molar-refractivity contribution in [2.75, 3.05) is 4.90 Å². The molecule has 0 radical (unpaired) electrons. The summed E-state index contributed by atoms with van der Waals surface area (Å²) in [5.74, 6) is -1.43. The molecule has 0 aliphatic carbocycles. The largest absolute Gasteiger partial charge is 0.335 e. The Morgan fingerprint density at radius 1 is 0.933 bits per heavy atom. The lowest BCUT2D eigenvalue weighted by molar-refractivity contribution is -0.122. The molecule has 4 amide bonds. The lowest BCUT2D eigenvalue weighted by Gasteiger charge is -2.26. The van der Waals surface area contributed by atoms with Gasteiger partial charge in [0.1, 0.15) is 5.57 Å². The Labute approximate surface area is 181 Å². The Morgan fingerprint density at radius 3 is 2.37 bits per heavy atom. The average molecular weight is 436 g/mol. The van der Waals surface area contributed by atoms with E-state index >= 15 is 0 Å². The molecule has 1 fully saturated rings. The molecule has 3 aromatic rings. The second kappa shape index (κ2) is 8.52. The summed E-state index contributed by atoms with van der Waals surface area (Å²) in [5, 5.41) is 2.86. The summed E-state index contributed by atoms with van der Waals surface area (Å²) in [5.41, 5.74) is 0.880. The summed E-state index contributed by atoms with van der Waals surface area (Å²) in [4.78, 5) is 44.3. The molecule has 2 aromatic carbocycles. The monoisotopic (exact) mass is 435 g/mol. The number of carbonyl (C=O) groups is 3. The smallest absolute Gasteiger partial charge is 0.273 e. The third-order valence-electron chi connectivity index (χ3n) is 4.28. The molecule has 148 valence electrons. The maximum atomic E-state index is 13.0. The van der Waals surface area contributed by atoms with E-state index in [0.717, 1.165) is 14.7 Å². The first-order valence-electron chi connectivity index (χ1n) is 8.87. The number of hydrogen-bond acceptors (Lipinski definition) is 5. The number of hydrogen-bond donors (Lipinski definition) is 1. The highest BCUT2D eigenvalue weighted by Gasteiger charge is 2.36. The van der Waals surface area contributed by atoms with Crippen molar-refractivity contribution >= 4 is 53.0 Å². The Balaban J connectivity index is 1.70. The minimum atomic E-state index is -0.794. The van der Waals surface area contributed by atoms with Crippen LogP contribution >= 0.6 is 23.4 Å². The number of imide groups is 2. The van der Waals surface area contributed by atoms with E-state index in [1.54, 1.807) is 18.2 Å². The van der Waals surface area contributed by atoms with E-state index in [-0.39, 0.29) is 5.57 Å². The number of rotatable bonds is 4. The number of benzene rings is 2. The Bertz CT molecular complexity index is 1160. The first-order valence-corrected chi connectivity index (χ1v) is 10.1. The highest BCUT2D eigenvalue weighted by atomic mass is 35.5. The van der Waals surface area contributed by atoms with Crippen molar-refractivity contribution in [1.82, 2.24) is 10.3 Å². The molecule has 0 saturated carbocycles. The molecule has 0 bridgehead atoms. The van der Waals surface area contributed by atoms with Gasteiger partial charge in [0.25, 0.3) is 11.8 Å². The van der Waals surface area contributed by atoms with Crippen LogP contribution < -0.4 is 10.2 Å². The average Bonchev–Trinajstić information content (AvgIpc) is 2.74. The van der Waals surface area contributed by atoms with Gasteiger partial charge < -0.3 is 0 Å². The molecule has 8 heteroatoms. The third kappa shape index (κ3) is 4.12. The number of barbiturate groups is 1. The van der Waals surface area contributed by atoms with Crippen LogP contribution in [-0.4, -0.2) is 22.8 Å². The van der Waals surface area contributed by atoms with Gasteiger partial charge in [-0.25, -0.2) is 9.69 Å². The topological polar surface area (TPSA) is 79.4 Å². The minimum Gasteiger partial charge on any atom is -0.273 e. The number of carbonyl (C=O) groups excluding carboxylic acids is 3. The van der Waals surface area contributed by atoms with Crippen LogP contribution in [0, 0.1) is 0 Å². The predicted molar refractivity (Wildman–Crippen MR) is 115 cm³/mol. The lowest BCUT2D eigenvalue weighted by atomic mass is 10.1. The van der Waals surface area contributed by atoms with Gasteiger partial charge in [-0.15, -0.1) is 0 Å². The first-order chi connectivity index (χ1) is 14.5. The molecule has 30 heavy (non-hydrogen) atoms. The molecule has 0 unspecified atom stereocenters. The quantitative estimate of drug-likeness (QED) is 0.480. The highest BCUT2D eigenvalue weighted by molar-refractivity contribution is 7.99. The SMILES string of the molecule is O=C1NC(=O)N(c2ccncc2)C(=O)/C1=C\c1ccccc1Sc1ccc(Cl)cc1. The third-order valence-corrected chi connectivity index (χ3v) is 5.63. The van der Waals surface area contributed by atoms with Crippen LogP contribution in [0.2, 0.25) is 5.02 Å². The van der Waals surface area contributed by atoms with Crippen molar-refractivity contribution in [2.24, 2.45) is 0 Å². The van der Waals surface area contributed by atoms with Gasteiger partial charge in [-0.2, -0.15) is 0 Å². The summed E-state index contributed by atoms with van der Waals surface area (Å²) >= 11 is 7.42. The van der Waals surface area contributed by atoms with E-state index in [1.807, 2.05) is 30.3 Å². The predicted octanol–water partition coefficient (Wildman–Crippen LogP) is 4.55. The van der Waals surface area contributed by atoms with Crippen LogP contribution in [0.15, 0.2) is 88.4 Å². The number of anilines is 1. The van der Waals surface area contributed by atoms with Crippen molar-refractivity contribution in [3.05, 3.63) is 89.2 Å². The summed E-state index contributed by atoms with van der Waals surface area (Å²) in [6.07, 6.45) is 4.43. The molecule has 1 aliphatic rings. The second-order valence-corrected chi connectivity index (χ2v) is 7.81. The molecule has 0 spiro atoms. The van der Waals surface area contributed by atoms with Gasteiger partial charge in [0.15, 0.2) is 0 Å². The number of nitrogens with zero attached hydrogens (tertiary/aromatic N) is 2. The molecule has 6 nitrogen and oxygen atoms in total. The van der Waals surface area contributed by atoms with E-state index in [2.05, 4.69) is 10.3 Å². The van der Waals surface area contributed by atoms with E-state index in [1.165, 1.54) is 42.4 Å². The van der Waals surface area contributed by atoms with Crippen LogP contribution in [0.1, 0.15) is 5.56 Å². The number of amides is 4. The van der Waals surface area contributed by atoms with Gasteiger partial charge in [-0.3, -0.25) is 19.9 Å². The van der Waals surface area contributed by atoms with E-state index < -0.39 is 17.8 Å². The Morgan fingerprint density at radius 2 is 1.63 bits per heavy atom. The maximum absolute atomic E-state index is 13.0. The zero-order valence-corrected chi connectivity index (χ0v) is 17.0. The van der Waals surface area contributed by atoms with Crippen LogP contribution in [0.3, 0.4) is 0 Å². The number of halogens is 1. The first kappa shape index (κ1) is 19.9. The molecule has 0 atom stereocenters. The van der Waals surface area contributed by atoms with Crippen LogP contribution in [0.5, 0.6) is 0 Å². The Kier molecular flexibility index (Phi) is 5.65. The summed E-state index contributed by atoms with van der Waals surface area (Å²) in [6, 6.07) is 17.0. The van der Waals surface area contributed by atoms with E-state index in [9.17, 15) is 14.4 Å². The standard InChI is InChI=1S/C22H14ClN3O3S/c23-15-5-7-17(8-6-15)30-19-4-2-1-3-14(19)13-18-20(27)25-22(29)26(21(18)28)16-9-11-24-12-10-16/h1-13H,(H,25,27,29)/b18-13-. The molecule has 1 saturated heterocycles.